The summed E-state index contributed by atoms with van der Waals surface area (Å²) in [5, 5.41) is 3.49. The molecule has 0 amide bonds. The molecule has 0 spiro atoms. The van der Waals surface area contributed by atoms with E-state index in [2.05, 4.69) is 36.0 Å². The van der Waals surface area contributed by atoms with Gasteiger partial charge >= 0.3 is 0 Å². The molecule has 6 heteroatoms. The highest BCUT2D eigenvalue weighted by Crippen LogP contribution is 2.33. The largest absolute Gasteiger partial charge is 0.377 e. The van der Waals surface area contributed by atoms with Gasteiger partial charge in [0.2, 0.25) is 0 Å². The van der Waals surface area contributed by atoms with Crippen molar-refractivity contribution in [3.05, 3.63) is 35.6 Å². The minimum absolute atomic E-state index is 0. The highest BCUT2D eigenvalue weighted by atomic mass is 127. The molecule has 1 aliphatic heterocycles. The van der Waals surface area contributed by atoms with Crippen LogP contribution in [-0.2, 0) is 11.3 Å². The first kappa shape index (κ1) is 23.1. The van der Waals surface area contributed by atoms with Crippen LogP contribution in [0.3, 0.4) is 0 Å². The second-order valence-corrected chi connectivity index (χ2v) is 7.97. The van der Waals surface area contributed by atoms with Gasteiger partial charge in [-0.05, 0) is 36.0 Å². The Morgan fingerprint density at radius 2 is 1.96 bits per heavy atom. The van der Waals surface area contributed by atoms with E-state index in [0.29, 0.717) is 12.5 Å². The van der Waals surface area contributed by atoms with Gasteiger partial charge in [0.25, 0.3) is 0 Å². The molecular weight excluding hydrogens is 444 g/mol. The van der Waals surface area contributed by atoms with E-state index in [1.807, 2.05) is 19.2 Å². The summed E-state index contributed by atoms with van der Waals surface area (Å²) in [6.07, 6.45) is 2.55. The van der Waals surface area contributed by atoms with Crippen molar-refractivity contribution in [2.45, 2.75) is 46.3 Å². The zero-order chi connectivity index (χ0) is 18.4. The Morgan fingerprint density at radius 3 is 2.54 bits per heavy atom. The van der Waals surface area contributed by atoms with Gasteiger partial charge in [0.1, 0.15) is 5.82 Å². The van der Waals surface area contributed by atoms with Crippen molar-refractivity contribution < 1.29 is 9.13 Å². The van der Waals surface area contributed by atoms with Crippen LogP contribution in [0.15, 0.2) is 29.3 Å². The number of ether oxygens (including phenoxy) is 1. The summed E-state index contributed by atoms with van der Waals surface area (Å²) in [7, 11) is 3.79. The molecule has 0 aliphatic carbocycles. The first-order valence-electron chi connectivity index (χ1n) is 9.09. The molecule has 2 atom stereocenters. The molecule has 1 fully saturated rings. The Balaban J connectivity index is 0.00000338. The quantitative estimate of drug-likeness (QED) is 0.400. The van der Waals surface area contributed by atoms with E-state index in [0.717, 1.165) is 31.1 Å². The lowest BCUT2D eigenvalue weighted by Crippen LogP contribution is -2.47. The summed E-state index contributed by atoms with van der Waals surface area (Å²) in [6.45, 7) is 9.12. The summed E-state index contributed by atoms with van der Waals surface area (Å²) in [5.74, 6) is 1.12. The maximum atomic E-state index is 13.0. The molecule has 1 aromatic carbocycles. The fraction of sp³-hybridized carbons (Fsp3) is 0.650. The Kier molecular flexibility index (Phi) is 9.30. The lowest BCUT2D eigenvalue weighted by Gasteiger charge is -2.40. The lowest BCUT2D eigenvalue weighted by molar-refractivity contribution is -0.0836. The molecule has 0 saturated carbocycles. The molecular formula is C20H33FIN3O. The molecule has 4 nitrogen and oxygen atoms in total. The molecule has 2 unspecified atom stereocenters. The SMILES string of the molecule is CN=C(NCC1CCCOC1C(C)(C)C)N(C)Cc1ccc(F)cc1.I. The highest BCUT2D eigenvalue weighted by Gasteiger charge is 2.35. The van der Waals surface area contributed by atoms with Crippen molar-refractivity contribution in [3.63, 3.8) is 0 Å². The van der Waals surface area contributed by atoms with Gasteiger partial charge in [0.15, 0.2) is 5.96 Å². The number of aliphatic imine (C=N–C) groups is 1. The van der Waals surface area contributed by atoms with E-state index < -0.39 is 0 Å². The van der Waals surface area contributed by atoms with Gasteiger partial charge in [-0.25, -0.2) is 4.39 Å². The van der Waals surface area contributed by atoms with Crippen LogP contribution in [0.2, 0.25) is 0 Å². The molecule has 1 heterocycles. The zero-order valence-corrected chi connectivity index (χ0v) is 18.9. The van der Waals surface area contributed by atoms with Crippen LogP contribution in [0.5, 0.6) is 0 Å². The molecule has 2 rings (SSSR count). The van der Waals surface area contributed by atoms with Gasteiger partial charge in [0, 0.05) is 39.7 Å². The van der Waals surface area contributed by atoms with E-state index in [1.54, 1.807) is 7.05 Å². The summed E-state index contributed by atoms with van der Waals surface area (Å²) in [6, 6.07) is 6.60. The van der Waals surface area contributed by atoms with Gasteiger partial charge in [-0.15, -0.1) is 24.0 Å². The van der Waals surface area contributed by atoms with Crippen LogP contribution in [0.4, 0.5) is 4.39 Å². The fourth-order valence-electron chi connectivity index (χ4n) is 3.56. The van der Waals surface area contributed by atoms with Gasteiger partial charge in [0.05, 0.1) is 6.10 Å². The van der Waals surface area contributed by atoms with Gasteiger partial charge in [-0.2, -0.15) is 0 Å². The van der Waals surface area contributed by atoms with E-state index in [1.165, 1.54) is 18.6 Å². The Bertz CT molecular complexity index is 571. The van der Waals surface area contributed by atoms with Crippen molar-refractivity contribution in [1.29, 1.82) is 0 Å². The Labute approximate surface area is 174 Å². The molecule has 1 saturated heterocycles. The van der Waals surface area contributed by atoms with Crippen LogP contribution in [-0.4, -0.2) is 44.2 Å². The number of benzene rings is 1. The minimum Gasteiger partial charge on any atom is -0.377 e. The van der Waals surface area contributed by atoms with Crippen molar-refractivity contribution >= 4 is 29.9 Å². The van der Waals surface area contributed by atoms with Crippen molar-refractivity contribution in [1.82, 2.24) is 10.2 Å². The summed E-state index contributed by atoms with van der Waals surface area (Å²) < 4.78 is 19.1. The number of nitrogens with one attached hydrogen (secondary N) is 1. The van der Waals surface area contributed by atoms with Gasteiger partial charge < -0.3 is 15.0 Å². The van der Waals surface area contributed by atoms with Crippen molar-refractivity contribution in [2.75, 3.05) is 27.2 Å². The first-order valence-corrected chi connectivity index (χ1v) is 9.09. The fourth-order valence-corrected chi connectivity index (χ4v) is 3.56. The number of guanidine groups is 1. The molecule has 1 aromatic rings. The van der Waals surface area contributed by atoms with E-state index in [4.69, 9.17) is 4.74 Å². The molecule has 0 radical (unpaired) electrons. The Hall–Kier alpha value is -0.890. The predicted molar refractivity (Wildman–Crippen MR) is 117 cm³/mol. The average molecular weight is 477 g/mol. The van der Waals surface area contributed by atoms with Crippen LogP contribution < -0.4 is 5.32 Å². The van der Waals surface area contributed by atoms with Crippen LogP contribution in [0, 0.1) is 17.2 Å². The summed E-state index contributed by atoms with van der Waals surface area (Å²) in [5.41, 5.74) is 1.19. The average Bonchev–Trinajstić information content (AvgIpc) is 2.57. The van der Waals surface area contributed by atoms with Crippen molar-refractivity contribution in [2.24, 2.45) is 16.3 Å². The van der Waals surface area contributed by atoms with Crippen LogP contribution in [0.1, 0.15) is 39.2 Å². The molecule has 1 N–H and O–H groups in total. The molecule has 0 aromatic heterocycles. The monoisotopic (exact) mass is 477 g/mol. The van der Waals surface area contributed by atoms with Gasteiger partial charge in [-0.1, -0.05) is 32.9 Å². The van der Waals surface area contributed by atoms with E-state index >= 15 is 0 Å². The second-order valence-electron chi connectivity index (χ2n) is 7.97. The van der Waals surface area contributed by atoms with Crippen molar-refractivity contribution in [3.8, 4) is 0 Å². The summed E-state index contributed by atoms with van der Waals surface area (Å²) >= 11 is 0. The van der Waals surface area contributed by atoms with Crippen LogP contribution >= 0.6 is 24.0 Å². The number of rotatable bonds is 4. The predicted octanol–water partition coefficient (Wildman–Crippen LogP) is 4.29. The van der Waals surface area contributed by atoms with Gasteiger partial charge in [-0.3, -0.25) is 4.99 Å². The normalized spacial score (nSPS) is 21.1. The third kappa shape index (κ3) is 6.68. The third-order valence-corrected chi connectivity index (χ3v) is 4.73. The number of halogens is 2. The zero-order valence-electron chi connectivity index (χ0n) is 16.6. The number of nitrogens with zero attached hydrogens (tertiary/aromatic N) is 2. The molecule has 0 bridgehead atoms. The maximum Gasteiger partial charge on any atom is 0.193 e. The minimum atomic E-state index is -0.209. The van der Waals surface area contributed by atoms with Crippen LogP contribution in [0.25, 0.3) is 0 Å². The smallest absolute Gasteiger partial charge is 0.193 e. The Morgan fingerprint density at radius 1 is 1.31 bits per heavy atom. The topological polar surface area (TPSA) is 36.9 Å². The molecule has 26 heavy (non-hydrogen) atoms. The third-order valence-electron chi connectivity index (χ3n) is 4.73. The molecule has 1 aliphatic rings. The number of hydrogen-bond donors (Lipinski definition) is 1. The second kappa shape index (κ2) is 10.4. The number of hydrogen-bond acceptors (Lipinski definition) is 2. The maximum absolute atomic E-state index is 13.0. The molecule has 148 valence electrons. The lowest BCUT2D eigenvalue weighted by atomic mass is 9.78. The first-order chi connectivity index (χ1) is 11.8. The highest BCUT2D eigenvalue weighted by molar-refractivity contribution is 14.0. The summed E-state index contributed by atoms with van der Waals surface area (Å²) in [4.78, 5) is 6.45. The van der Waals surface area contributed by atoms with E-state index in [9.17, 15) is 4.39 Å². The van der Waals surface area contributed by atoms with E-state index in [-0.39, 0.29) is 41.3 Å². The standard InChI is InChI=1S/C20H32FN3O.HI/c1-20(2,3)18-16(7-6-12-25-18)13-23-19(22-4)24(5)14-15-8-10-17(21)11-9-15;/h8-11,16,18H,6-7,12-14H2,1-5H3,(H,22,23);1H.